The summed E-state index contributed by atoms with van der Waals surface area (Å²) in [5.41, 5.74) is 0.636. The fourth-order valence-electron chi connectivity index (χ4n) is 2.85. The Labute approximate surface area is 159 Å². The summed E-state index contributed by atoms with van der Waals surface area (Å²) in [6.45, 7) is 6.41. The number of nitrogens with zero attached hydrogens (tertiary/aromatic N) is 1. The molecule has 2 rings (SSSR count). The summed E-state index contributed by atoms with van der Waals surface area (Å²) in [5, 5.41) is 11.8. The van der Waals surface area contributed by atoms with Gasteiger partial charge in [-0.15, -0.1) is 0 Å². The van der Waals surface area contributed by atoms with Crippen molar-refractivity contribution in [3.05, 3.63) is 29.3 Å². The molecule has 150 valence electrons. The van der Waals surface area contributed by atoms with Crippen LogP contribution in [0.4, 0.5) is 0 Å². The molecule has 27 heavy (non-hydrogen) atoms. The fourth-order valence-corrected chi connectivity index (χ4v) is 4.51. The molecule has 1 fully saturated rings. The summed E-state index contributed by atoms with van der Waals surface area (Å²) in [7, 11) is -3.76. The molecule has 1 amide bonds. The lowest BCUT2D eigenvalue weighted by molar-refractivity contribution is -0.140. The summed E-state index contributed by atoms with van der Waals surface area (Å²) < 4.78 is 32.4. The third kappa shape index (κ3) is 4.85. The second kappa shape index (κ2) is 8.81. The zero-order valence-electron chi connectivity index (χ0n) is 15.8. The van der Waals surface area contributed by atoms with Crippen LogP contribution in [0.3, 0.4) is 0 Å². The number of morpholine rings is 1. The molecule has 2 N–H and O–H groups in total. The molecule has 2 atom stereocenters. The van der Waals surface area contributed by atoms with Gasteiger partial charge in [0.25, 0.3) is 5.91 Å². The summed E-state index contributed by atoms with van der Waals surface area (Å²) in [6.07, 6.45) is 0.585. The summed E-state index contributed by atoms with van der Waals surface area (Å²) in [5.74, 6) is -1.99. The number of rotatable bonds is 7. The standard InChI is InChI=1S/C18H26N2O6S/c1-4-12(2)16(18(22)23)19-17(21)14-6-5-13(3)15(11-14)27(24,25)20-7-9-26-10-8-20/h5-6,11-12,16H,4,7-10H2,1-3H3,(H,19,21)(H,22,23). The third-order valence-corrected chi connectivity index (χ3v) is 6.84. The fraction of sp³-hybridized carbons (Fsp3) is 0.556. The van der Waals surface area contributed by atoms with Crippen LogP contribution in [0.1, 0.15) is 36.2 Å². The number of nitrogens with one attached hydrogen (secondary N) is 1. The molecular formula is C18H26N2O6S. The lowest BCUT2D eigenvalue weighted by Gasteiger charge is -2.27. The van der Waals surface area contributed by atoms with Gasteiger partial charge in [0.05, 0.1) is 18.1 Å². The molecular weight excluding hydrogens is 372 g/mol. The largest absolute Gasteiger partial charge is 0.480 e. The number of benzene rings is 1. The van der Waals surface area contributed by atoms with Gasteiger partial charge in [0.1, 0.15) is 6.04 Å². The number of sulfonamides is 1. The van der Waals surface area contributed by atoms with Crippen LogP contribution in [0.25, 0.3) is 0 Å². The highest BCUT2D eigenvalue weighted by Gasteiger charge is 2.30. The normalized spacial score (nSPS) is 17.9. The van der Waals surface area contributed by atoms with E-state index in [9.17, 15) is 23.1 Å². The van der Waals surface area contributed by atoms with Crippen LogP contribution in [0.5, 0.6) is 0 Å². The van der Waals surface area contributed by atoms with Crippen molar-refractivity contribution in [2.24, 2.45) is 5.92 Å². The Morgan fingerprint density at radius 1 is 1.30 bits per heavy atom. The minimum Gasteiger partial charge on any atom is -0.480 e. The van der Waals surface area contributed by atoms with Crippen LogP contribution in [-0.2, 0) is 19.6 Å². The van der Waals surface area contributed by atoms with Crippen molar-refractivity contribution in [1.29, 1.82) is 0 Å². The number of ether oxygens (including phenoxy) is 1. The van der Waals surface area contributed by atoms with E-state index in [2.05, 4.69) is 5.32 Å². The molecule has 2 unspecified atom stereocenters. The Morgan fingerprint density at radius 3 is 2.48 bits per heavy atom. The van der Waals surface area contributed by atoms with E-state index < -0.39 is 27.9 Å². The molecule has 1 saturated heterocycles. The van der Waals surface area contributed by atoms with E-state index in [1.165, 1.54) is 16.4 Å². The first-order chi connectivity index (χ1) is 12.7. The number of aryl methyl sites for hydroxylation is 1. The quantitative estimate of drug-likeness (QED) is 0.715. The average molecular weight is 398 g/mol. The van der Waals surface area contributed by atoms with E-state index in [-0.39, 0.29) is 29.5 Å². The summed E-state index contributed by atoms with van der Waals surface area (Å²) >= 11 is 0. The maximum absolute atomic E-state index is 12.9. The van der Waals surface area contributed by atoms with E-state index in [1.54, 1.807) is 19.9 Å². The number of amides is 1. The van der Waals surface area contributed by atoms with Gasteiger partial charge in [-0.2, -0.15) is 4.31 Å². The monoisotopic (exact) mass is 398 g/mol. The first kappa shape index (κ1) is 21.3. The number of hydrogen-bond donors (Lipinski definition) is 2. The van der Waals surface area contributed by atoms with Crippen molar-refractivity contribution in [1.82, 2.24) is 9.62 Å². The van der Waals surface area contributed by atoms with Crippen molar-refractivity contribution in [3.8, 4) is 0 Å². The van der Waals surface area contributed by atoms with Gasteiger partial charge in [0.2, 0.25) is 10.0 Å². The van der Waals surface area contributed by atoms with Gasteiger partial charge in [-0.25, -0.2) is 13.2 Å². The molecule has 0 aromatic heterocycles. The zero-order valence-corrected chi connectivity index (χ0v) is 16.6. The highest BCUT2D eigenvalue weighted by molar-refractivity contribution is 7.89. The van der Waals surface area contributed by atoms with Crippen LogP contribution in [0.15, 0.2) is 23.1 Å². The van der Waals surface area contributed by atoms with E-state index in [1.807, 2.05) is 6.92 Å². The van der Waals surface area contributed by atoms with E-state index in [0.717, 1.165) is 0 Å². The minimum atomic E-state index is -3.76. The second-order valence-corrected chi connectivity index (χ2v) is 8.58. The Morgan fingerprint density at radius 2 is 1.93 bits per heavy atom. The minimum absolute atomic E-state index is 0.0486. The Balaban J connectivity index is 2.30. The molecule has 0 radical (unpaired) electrons. The van der Waals surface area contributed by atoms with Crippen molar-refractivity contribution < 1.29 is 27.9 Å². The van der Waals surface area contributed by atoms with Crippen molar-refractivity contribution in [3.63, 3.8) is 0 Å². The number of carboxylic acids is 1. The van der Waals surface area contributed by atoms with Crippen molar-refractivity contribution in [2.45, 2.75) is 38.1 Å². The smallest absolute Gasteiger partial charge is 0.326 e. The highest BCUT2D eigenvalue weighted by Crippen LogP contribution is 2.22. The Hall–Kier alpha value is -1.97. The average Bonchev–Trinajstić information content (AvgIpc) is 2.65. The zero-order chi connectivity index (χ0) is 20.2. The molecule has 1 aliphatic heterocycles. The topological polar surface area (TPSA) is 113 Å². The van der Waals surface area contributed by atoms with Gasteiger partial charge < -0.3 is 15.2 Å². The van der Waals surface area contributed by atoms with Gasteiger partial charge >= 0.3 is 5.97 Å². The van der Waals surface area contributed by atoms with Crippen molar-refractivity contribution >= 4 is 21.9 Å². The first-order valence-electron chi connectivity index (χ1n) is 8.90. The predicted octanol–water partition coefficient (Wildman–Crippen LogP) is 1.25. The molecule has 1 aromatic carbocycles. The molecule has 0 bridgehead atoms. The number of carboxylic acid groups (broad SMARTS) is 1. The van der Waals surface area contributed by atoms with Crippen LogP contribution in [0.2, 0.25) is 0 Å². The molecule has 8 nitrogen and oxygen atoms in total. The lowest BCUT2D eigenvalue weighted by atomic mass is 9.99. The van der Waals surface area contributed by atoms with E-state index in [4.69, 9.17) is 4.74 Å². The van der Waals surface area contributed by atoms with Crippen LogP contribution < -0.4 is 5.32 Å². The number of aliphatic carboxylic acids is 1. The molecule has 1 aromatic rings. The molecule has 0 spiro atoms. The van der Waals surface area contributed by atoms with Crippen LogP contribution in [-0.4, -0.2) is 62.1 Å². The highest BCUT2D eigenvalue weighted by atomic mass is 32.2. The molecule has 0 saturated carbocycles. The van der Waals surface area contributed by atoms with Gasteiger partial charge in [0, 0.05) is 18.7 Å². The van der Waals surface area contributed by atoms with Gasteiger partial charge in [-0.1, -0.05) is 26.3 Å². The molecule has 9 heteroatoms. The number of hydrogen-bond acceptors (Lipinski definition) is 5. The van der Waals surface area contributed by atoms with Gasteiger partial charge in [-0.3, -0.25) is 4.79 Å². The third-order valence-electron chi connectivity index (χ3n) is 4.80. The first-order valence-corrected chi connectivity index (χ1v) is 10.3. The van der Waals surface area contributed by atoms with Gasteiger partial charge in [-0.05, 0) is 30.5 Å². The second-order valence-electron chi connectivity index (χ2n) is 6.67. The SMILES string of the molecule is CCC(C)C(NC(=O)c1ccc(C)c(S(=O)(=O)N2CCOCC2)c1)C(=O)O. The molecule has 0 aliphatic carbocycles. The van der Waals surface area contributed by atoms with Crippen molar-refractivity contribution in [2.75, 3.05) is 26.3 Å². The molecule has 1 heterocycles. The Kier molecular flexibility index (Phi) is 6.96. The van der Waals surface area contributed by atoms with E-state index >= 15 is 0 Å². The summed E-state index contributed by atoms with van der Waals surface area (Å²) in [4.78, 5) is 24.0. The Bertz CT molecular complexity index is 802. The number of carbonyl (C=O) groups excluding carboxylic acids is 1. The maximum Gasteiger partial charge on any atom is 0.326 e. The van der Waals surface area contributed by atoms with E-state index in [0.29, 0.717) is 25.2 Å². The summed E-state index contributed by atoms with van der Waals surface area (Å²) in [6, 6.07) is 3.33. The maximum atomic E-state index is 12.9. The van der Waals surface area contributed by atoms with Gasteiger partial charge in [0.15, 0.2) is 0 Å². The van der Waals surface area contributed by atoms with Crippen LogP contribution >= 0.6 is 0 Å². The predicted molar refractivity (Wildman–Crippen MR) is 99.1 cm³/mol. The molecule has 1 aliphatic rings. The number of carbonyl (C=O) groups is 2. The van der Waals surface area contributed by atoms with Crippen LogP contribution in [0, 0.1) is 12.8 Å². The lowest BCUT2D eigenvalue weighted by Crippen LogP contribution is -2.45.